The molecule has 1 aliphatic carbocycles. The molecule has 1 aliphatic rings. The van der Waals surface area contributed by atoms with Gasteiger partial charge < -0.3 is 0 Å². The van der Waals surface area contributed by atoms with Crippen molar-refractivity contribution in [3.05, 3.63) is 23.8 Å². The summed E-state index contributed by atoms with van der Waals surface area (Å²) in [6.45, 7) is 2.16. The molecule has 12 heavy (non-hydrogen) atoms. The molecule has 0 nitrogen and oxygen atoms in total. The van der Waals surface area contributed by atoms with Crippen molar-refractivity contribution in [3.63, 3.8) is 0 Å². The Morgan fingerprint density at radius 1 is 1.42 bits per heavy atom. The summed E-state index contributed by atoms with van der Waals surface area (Å²) in [5.41, 5.74) is 1.13. The van der Waals surface area contributed by atoms with Gasteiger partial charge in [0.1, 0.15) is 0 Å². The number of hydrogen-bond acceptors (Lipinski definition) is 0. The number of hydrogen-bond donors (Lipinski definition) is 0. The molecule has 1 rings (SSSR count). The van der Waals surface area contributed by atoms with Crippen molar-refractivity contribution in [2.75, 3.05) is 0 Å². The molecule has 0 heterocycles. The van der Waals surface area contributed by atoms with Crippen LogP contribution in [0.5, 0.6) is 0 Å². The number of rotatable bonds is 3. The maximum atomic E-state index is 5.98. The van der Waals surface area contributed by atoms with Gasteiger partial charge in [-0.3, -0.25) is 0 Å². The maximum Gasteiger partial charge on any atom is 0.157 e. The minimum absolute atomic E-state index is 0. The molecule has 66 valence electrons. The standard InChI is InChI=1S/C9H12Cl2.Ti/c1-2-3-5-8-6-4-7-9(8,10)11;/h4,6-7H,2-3,5H2,1H3;. The topological polar surface area (TPSA) is 0 Å². The van der Waals surface area contributed by atoms with E-state index in [2.05, 4.69) is 6.92 Å². The van der Waals surface area contributed by atoms with E-state index in [4.69, 9.17) is 23.2 Å². The number of unbranched alkanes of at least 4 members (excludes halogenated alkanes) is 1. The monoisotopic (exact) mass is 238 g/mol. The van der Waals surface area contributed by atoms with Gasteiger partial charge >= 0.3 is 0 Å². The van der Waals surface area contributed by atoms with Crippen LogP contribution < -0.4 is 0 Å². The zero-order chi connectivity index (χ0) is 8.32. The summed E-state index contributed by atoms with van der Waals surface area (Å²) in [5.74, 6) is 0. The second-order valence-electron chi connectivity index (χ2n) is 2.78. The van der Waals surface area contributed by atoms with Crippen molar-refractivity contribution >= 4 is 23.2 Å². The maximum absolute atomic E-state index is 5.98. The van der Waals surface area contributed by atoms with Gasteiger partial charge in [0.2, 0.25) is 0 Å². The minimum atomic E-state index is -0.713. The van der Waals surface area contributed by atoms with Crippen molar-refractivity contribution in [3.8, 4) is 0 Å². The first-order chi connectivity index (χ1) is 5.17. The van der Waals surface area contributed by atoms with E-state index in [1.807, 2.05) is 18.2 Å². The van der Waals surface area contributed by atoms with E-state index in [0.29, 0.717) is 0 Å². The summed E-state index contributed by atoms with van der Waals surface area (Å²) >= 11 is 12.0. The molecule has 3 heteroatoms. The molecule has 0 radical (unpaired) electrons. The van der Waals surface area contributed by atoms with Crippen LogP contribution in [0.2, 0.25) is 0 Å². The molecule has 0 amide bonds. The van der Waals surface area contributed by atoms with Crippen LogP contribution in [0.15, 0.2) is 23.8 Å². The Labute approximate surface area is 98.9 Å². The van der Waals surface area contributed by atoms with E-state index in [1.165, 1.54) is 6.42 Å². The fraction of sp³-hybridized carbons (Fsp3) is 0.556. The first kappa shape index (κ1) is 12.8. The van der Waals surface area contributed by atoms with Gasteiger partial charge in [-0.15, -0.1) is 0 Å². The number of allylic oxidation sites excluding steroid dienone is 4. The second kappa shape index (κ2) is 5.49. The van der Waals surface area contributed by atoms with Gasteiger partial charge in [-0.1, -0.05) is 48.7 Å². The Kier molecular flexibility index (Phi) is 5.85. The number of alkyl halides is 2. The quantitative estimate of drug-likeness (QED) is 0.518. The molecule has 0 bridgehead atoms. The van der Waals surface area contributed by atoms with Crippen LogP contribution in [0, 0.1) is 0 Å². The largest absolute Gasteiger partial charge is 0.157 e. The Hall–Kier alpha value is 0.774. The summed E-state index contributed by atoms with van der Waals surface area (Å²) in [5, 5.41) is 0. The van der Waals surface area contributed by atoms with Crippen LogP contribution in [0.3, 0.4) is 0 Å². The van der Waals surface area contributed by atoms with Crippen molar-refractivity contribution in [1.29, 1.82) is 0 Å². The van der Waals surface area contributed by atoms with Crippen LogP contribution in [-0.2, 0) is 21.7 Å². The summed E-state index contributed by atoms with van der Waals surface area (Å²) in [4.78, 5) is 0. The molecule has 0 saturated heterocycles. The predicted molar refractivity (Wildman–Crippen MR) is 51.2 cm³/mol. The van der Waals surface area contributed by atoms with Gasteiger partial charge in [-0.25, -0.2) is 0 Å². The van der Waals surface area contributed by atoms with E-state index >= 15 is 0 Å². The Balaban J connectivity index is 0.00000121. The summed E-state index contributed by atoms with van der Waals surface area (Å²) < 4.78 is -0.713. The second-order valence-corrected chi connectivity index (χ2v) is 4.16. The van der Waals surface area contributed by atoms with Gasteiger partial charge in [0.05, 0.1) is 0 Å². The van der Waals surface area contributed by atoms with E-state index in [-0.39, 0.29) is 21.7 Å². The third-order valence-electron chi connectivity index (χ3n) is 1.83. The van der Waals surface area contributed by atoms with Crippen molar-refractivity contribution < 1.29 is 21.7 Å². The Morgan fingerprint density at radius 3 is 2.50 bits per heavy atom. The summed E-state index contributed by atoms with van der Waals surface area (Å²) in [6, 6.07) is 0. The summed E-state index contributed by atoms with van der Waals surface area (Å²) in [6.07, 6.45) is 9.11. The van der Waals surface area contributed by atoms with Gasteiger partial charge in [0.25, 0.3) is 0 Å². The first-order valence-electron chi connectivity index (χ1n) is 3.93. The Bertz CT molecular complexity index is 195. The van der Waals surface area contributed by atoms with Crippen LogP contribution >= 0.6 is 23.2 Å². The minimum Gasteiger partial charge on any atom is -0.0919 e. The van der Waals surface area contributed by atoms with Gasteiger partial charge in [-0.2, -0.15) is 0 Å². The molecular formula is C9H12Cl2Ti. The molecule has 0 spiro atoms. The molecule has 0 unspecified atom stereocenters. The molecule has 0 N–H and O–H groups in total. The smallest absolute Gasteiger partial charge is 0.0919 e. The van der Waals surface area contributed by atoms with Crippen LogP contribution in [-0.4, -0.2) is 4.33 Å². The first-order valence-corrected chi connectivity index (χ1v) is 4.69. The zero-order valence-corrected chi connectivity index (χ0v) is 10.2. The van der Waals surface area contributed by atoms with Crippen molar-refractivity contribution in [2.24, 2.45) is 0 Å². The van der Waals surface area contributed by atoms with Gasteiger partial charge in [-0.05, 0) is 24.5 Å². The van der Waals surface area contributed by atoms with E-state index in [0.717, 1.165) is 18.4 Å². The molecule has 0 aliphatic heterocycles. The normalized spacial score (nSPS) is 18.8. The average Bonchev–Trinajstić information content (AvgIpc) is 2.25. The third kappa shape index (κ3) is 3.26. The van der Waals surface area contributed by atoms with Crippen LogP contribution in [0.1, 0.15) is 26.2 Å². The average molecular weight is 239 g/mol. The molecule has 0 atom stereocenters. The Morgan fingerprint density at radius 2 is 2.08 bits per heavy atom. The molecule has 0 fully saturated rings. The molecule has 0 aromatic heterocycles. The zero-order valence-electron chi connectivity index (χ0n) is 7.11. The van der Waals surface area contributed by atoms with Crippen LogP contribution in [0.25, 0.3) is 0 Å². The molecule has 0 aromatic carbocycles. The van der Waals surface area contributed by atoms with Crippen molar-refractivity contribution in [1.82, 2.24) is 0 Å². The van der Waals surface area contributed by atoms with Gasteiger partial charge in [0.15, 0.2) is 4.33 Å². The number of halogens is 2. The summed E-state index contributed by atoms with van der Waals surface area (Å²) in [7, 11) is 0. The predicted octanol–water partition coefficient (Wildman–Crippen LogP) is 3.84. The van der Waals surface area contributed by atoms with E-state index < -0.39 is 4.33 Å². The molecule has 0 saturated carbocycles. The van der Waals surface area contributed by atoms with Gasteiger partial charge in [0, 0.05) is 21.7 Å². The fourth-order valence-corrected chi connectivity index (χ4v) is 1.58. The molecule has 0 aromatic rings. The van der Waals surface area contributed by atoms with E-state index in [9.17, 15) is 0 Å². The van der Waals surface area contributed by atoms with Crippen molar-refractivity contribution in [2.45, 2.75) is 30.5 Å². The SMILES string of the molecule is CCCCC1=CC=CC1(Cl)Cl.[Ti]. The molecular weight excluding hydrogens is 227 g/mol. The third-order valence-corrected chi connectivity index (χ3v) is 2.57. The van der Waals surface area contributed by atoms with E-state index in [1.54, 1.807) is 0 Å². The van der Waals surface area contributed by atoms with Crippen LogP contribution in [0.4, 0.5) is 0 Å². The fourth-order valence-electron chi connectivity index (χ4n) is 1.12.